The van der Waals surface area contributed by atoms with E-state index in [-0.39, 0.29) is 0 Å². The van der Waals surface area contributed by atoms with E-state index in [1.807, 2.05) is 0 Å². The Morgan fingerprint density at radius 1 is 0.812 bits per heavy atom. The van der Waals surface area contributed by atoms with Crippen molar-refractivity contribution in [1.29, 1.82) is 0 Å². The lowest BCUT2D eigenvalue weighted by Crippen LogP contribution is -2.31. The second-order valence-corrected chi connectivity index (χ2v) is 5.20. The maximum atomic E-state index is 5.46. The summed E-state index contributed by atoms with van der Waals surface area (Å²) >= 11 is 0. The fraction of sp³-hybridized carbons (Fsp3) is 1.00. The van der Waals surface area contributed by atoms with Gasteiger partial charge in [0.15, 0.2) is 0 Å². The van der Waals surface area contributed by atoms with Crippen LogP contribution >= 0.6 is 0 Å². The Labute approximate surface area is 101 Å². The van der Waals surface area contributed by atoms with Gasteiger partial charge in [0, 0.05) is 6.04 Å². The minimum absolute atomic E-state index is 0.839. The minimum atomic E-state index is 0.839. The van der Waals surface area contributed by atoms with Gasteiger partial charge in [0.1, 0.15) is 0 Å². The molecule has 0 aromatic rings. The van der Waals surface area contributed by atoms with Gasteiger partial charge in [-0.2, -0.15) is 0 Å². The zero-order chi connectivity index (χ0) is 11.5. The van der Waals surface area contributed by atoms with Gasteiger partial charge in [-0.15, -0.1) is 0 Å². The zero-order valence-corrected chi connectivity index (χ0v) is 10.8. The number of unbranched alkanes of at least 4 members (excludes halogenated alkanes) is 5. The van der Waals surface area contributed by atoms with Crippen molar-refractivity contribution in [2.75, 3.05) is 13.1 Å². The third-order valence-corrected chi connectivity index (χ3v) is 3.67. The zero-order valence-electron chi connectivity index (χ0n) is 10.8. The largest absolute Gasteiger partial charge is 0.330 e. The van der Waals surface area contributed by atoms with Crippen LogP contribution in [0.3, 0.4) is 0 Å². The normalized spacial score (nSPS) is 17.8. The first kappa shape index (κ1) is 14.0. The van der Waals surface area contributed by atoms with Crippen molar-refractivity contribution in [1.82, 2.24) is 5.32 Å². The molecule has 1 fully saturated rings. The second-order valence-electron chi connectivity index (χ2n) is 5.20. The first-order chi connectivity index (χ1) is 7.93. The molecular weight excluding hydrogens is 196 g/mol. The van der Waals surface area contributed by atoms with Crippen LogP contribution in [-0.2, 0) is 0 Å². The molecule has 96 valence electrons. The molecule has 1 aliphatic carbocycles. The fourth-order valence-electron chi connectivity index (χ4n) is 2.59. The second kappa shape index (κ2) is 10.1. The van der Waals surface area contributed by atoms with Gasteiger partial charge in [0.2, 0.25) is 0 Å². The molecule has 0 aliphatic heterocycles. The highest BCUT2D eigenvalue weighted by molar-refractivity contribution is 4.71. The highest BCUT2D eigenvalue weighted by Gasteiger charge is 2.11. The molecule has 0 aromatic carbocycles. The van der Waals surface area contributed by atoms with Crippen LogP contribution in [0.15, 0.2) is 0 Å². The summed E-state index contributed by atoms with van der Waals surface area (Å²) in [5.74, 6) is 0. The van der Waals surface area contributed by atoms with E-state index in [4.69, 9.17) is 5.73 Å². The van der Waals surface area contributed by atoms with E-state index in [0.717, 1.165) is 12.6 Å². The third kappa shape index (κ3) is 7.24. The van der Waals surface area contributed by atoms with E-state index in [2.05, 4.69) is 5.32 Å². The Hall–Kier alpha value is -0.0800. The molecule has 1 saturated carbocycles. The van der Waals surface area contributed by atoms with E-state index in [0.29, 0.717) is 0 Å². The first-order valence-electron chi connectivity index (χ1n) is 7.37. The lowest BCUT2D eigenvalue weighted by atomic mass is 9.95. The molecule has 2 nitrogen and oxygen atoms in total. The van der Waals surface area contributed by atoms with Crippen molar-refractivity contribution in [3.05, 3.63) is 0 Å². The van der Waals surface area contributed by atoms with Gasteiger partial charge in [0.25, 0.3) is 0 Å². The Balaban J connectivity index is 1.77. The number of rotatable bonds is 9. The molecule has 1 aliphatic rings. The van der Waals surface area contributed by atoms with Gasteiger partial charge >= 0.3 is 0 Å². The Morgan fingerprint density at radius 2 is 1.44 bits per heavy atom. The highest BCUT2D eigenvalue weighted by atomic mass is 14.9. The van der Waals surface area contributed by atoms with E-state index in [9.17, 15) is 0 Å². The SMILES string of the molecule is NCCCCCCCCNC1CCCCC1. The summed E-state index contributed by atoms with van der Waals surface area (Å²) in [4.78, 5) is 0. The predicted molar refractivity (Wildman–Crippen MR) is 71.6 cm³/mol. The molecule has 0 unspecified atom stereocenters. The molecule has 0 radical (unpaired) electrons. The van der Waals surface area contributed by atoms with Crippen LogP contribution in [0.2, 0.25) is 0 Å². The molecule has 0 bridgehead atoms. The average Bonchev–Trinajstić information content (AvgIpc) is 2.34. The van der Waals surface area contributed by atoms with Crippen molar-refractivity contribution in [2.45, 2.75) is 76.7 Å². The molecule has 16 heavy (non-hydrogen) atoms. The summed E-state index contributed by atoms with van der Waals surface area (Å²) in [6.45, 7) is 2.10. The molecule has 3 N–H and O–H groups in total. The Bertz CT molecular complexity index is 142. The molecule has 0 spiro atoms. The topological polar surface area (TPSA) is 38.0 Å². The van der Waals surface area contributed by atoms with Gasteiger partial charge in [-0.25, -0.2) is 0 Å². The van der Waals surface area contributed by atoms with Crippen molar-refractivity contribution >= 4 is 0 Å². The Morgan fingerprint density at radius 3 is 2.12 bits per heavy atom. The molecule has 0 saturated heterocycles. The lowest BCUT2D eigenvalue weighted by molar-refractivity contribution is 0.370. The van der Waals surface area contributed by atoms with Crippen molar-refractivity contribution in [3.63, 3.8) is 0 Å². The van der Waals surface area contributed by atoms with Crippen molar-refractivity contribution < 1.29 is 0 Å². The van der Waals surface area contributed by atoms with Gasteiger partial charge < -0.3 is 11.1 Å². The van der Waals surface area contributed by atoms with Crippen LogP contribution in [0.25, 0.3) is 0 Å². The van der Waals surface area contributed by atoms with Gasteiger partial charge in [-0.3, -0.25) is 0 Å². The number of nitrogens with two attached hydrogens (primary N) is 1. The molecule has 0 amide bonds. The molecular formula is C14H30N2. The smallest absolute Gasteiger partial charge is 0.00670 e. The number of nitrogens with one attached hydrogen (secondary N) is 1. The Kier molecular flexibility index (Phi) is 8.83. The minimum Gasteiger partial charge on any atom is -0.330 e. The maximum absolute atomic E-state index is 5.46. The van der Waals surface area contributed by atoms with E-state index >= 15 is 0 Å². The molecule has 1 rings (SSSR count). The summed E-state index contributed by atoms with van der Waals surface area (Å²) < 4.78 is 0. The van der Waals surface area contributed by atoms with Crippen LogP contribution in [-0.4, -0.2) is 19.1 Å². The lowest BCUT2D eigenvalue weighted by Gasteiger charge is -2.22. The van der Waals surface area contributed by atoms with Crippen LogP contribution in [0, 0.1) is 0 Å². The highest BCUT2D eigenvalue weighted by Crippen LogP contribution is 2.17. The first-order valence-corrected chi connectivity index (χ1v) is 7.37. The van der Waals surface area contributed by atoms with Crippen molar-refractivity contribution in [3.8, 4) is 0 Å². The third-order valence-electron chi connectivity index (χ3n) is 3.67. The molecule has 0 aromatic heterocycles. The molecule has 0 atom stereocenters. The van der Waals surface area contributed by atoms with Crippen LogP contribution in [0.1, 0.15) is 70.6 Å². The van der Waals surface area contributed by atoms with E-state index < -0.39 is 0 Å². The molecule has 2 heteroatoms. The summed E-state index contributed by atoms with van der Waals surface area (Å²) in [6, 6.07) is 0.839. The van der Waals surface area contributed by atoms with Crippen LogP contribution < -0.4 is 11.1 Å². The van der Waals surface area contributed by atoms with Gasteiger partial charge in [-0.05, 0) is 38.8 Å². The average molecular weight is 226 g/mol. The fourth-order valence-corrected chi connectivity index (χ4v) is 2.59. The van der Waals surface area contributed by atoms with E-state index in [1.54, 1.807) is 0 Å². The van der Waals surface area contributed by atoms with Gasteiger partial charge in [0.05, 0.1) is 0 Å². The molecule has 0 heterocycles. The predicted octanol–water partition coefficient (Wildman–Crippen LogP) is 3.21. The number of hydrogen-bond acceptors (Lipinski definition) is 2. The number of hydrogen-bond donors (Lipinski definition) is 2. The van der Waals surface area contributed by atoms with Gasteiger partial charge in [-0.1, -0.05) is 44.9 Å². The quantitative estimate of drug-likeness (QED) is 0.592. The monoisotopic (exact) mass is 226 g/mol. The van der Waals surface area contributed by atoms with E-state index in [1.165, 1.54) is 77.2 Å². The summed E-state index contributed by atoms with van der Waals surface area (Å²) in [5.41, 5.74) is 5.46. The van der Waals surface area contributed by atoms with Crippen molar-refractivity contribution in [2.24, 2.45) is 5.73 Å². The summed E-state index contributed by atoms with van der Waals surface area (Å²) in [7, 11) is 0. The van der Waals surface area contributed by atoms with Crippen LogP contribution in [0.4, 0.5) is 0 Å². The summed E-state index contributed by atoms with van der Waals surface area (Å²) in [5, 5.41) is 3.70. The standard InChI is InChI=1S/C14H30N2/c15-12-8-3-1-2-4-9-13-16-14-10-6-5-7-11-14/h14,16H,1-13,15H2. The van der Waals surface area contributed by atoms with Crippen LogP contribution in [0.5, 0.6) is 0 Å². The maximum Gasteiger partial charge on any atom is 0.00670 e. The summed E-state index contributed by atoms with van der Waals surface area (Å²) in [6.07, 6.45) is 15.2.